The van der Waals surface area contributed by atoms with Gasteiger partial charge in [0.25, 0.3) is 0 Å². The Hall–Kier alpha value is -0.260. The van der Waals surface area contributed by atoms with Gasteiger partial charge in [0.05, 0.1) is 0 Å². The van der Waals surface area contributed by atoms with Gasteiger partial charge in [0.1, 0.15) is 0 Å². The predicted molar refractivity (Wildman–Crippen MR) is 55.2 cm³/mol. The number of rotatable bonds is 2. The fourth-order valence-corrected chi connectivity index (χ4v) is 2.14. The van der Waals surface area contributed by atoms with E-state index in [1.54, 1.807) is 11.1 Å². The summed E-state index contributed by atoms with van der Waals surface area (Å²) in [7, 11) is 0. The van der Waals surface area contributed by atoms with E-state index < -0.39 is 0 Å². The van der Waals surface area contributed by atoms with Gasteiger partial charge in [-0.05, 0) is 38.5 Å². The van der Waals surface area contributed by atoms with Crippen molar-refractivity contribution in [3.63, 3.8) is 0 Å². The molecule has 0 aromatic heterocycles. The number of hydrogen-bond acceptors (Lipinski definition) is 0. The molecule has 1 rings (SSSR count). The molecule has 70 valence electrons. The summed E-state index contributed by atoms with van der Waals surface area (Å²) in [6, 6.07) is 0. The van der Waals surface area contributed by atoms with E-state index in [-0.39, 0.29) is 0 Å². The van der Waals surface area contributed by atoms with Crippen molar-refractivity contribution in [1.29, 1.82) is 0 Å². The minimum absolute atomic E-state index is 0.741. The highest BCUT2D eigenvalue weighted by Gasteiger charge is 2.18. The first-order valence-corrected chi connectivity index (χ1v) is 5.30. The molecular weight excluding hydrogens is 144 g/mol. The van der Waals surface area contributed by atoms with Gasteiger partial charge in [-0.2, -0.15) is 0 Å². The molecule has 0 amide bonds. The first-order valence-electron chi connectivity index (χ1n) is 5.30. The van der Waals surface area contributed by atoms with E-state index in [9.17, 15) is 0 Å². The summed E-state index contributed by atoms with van der Waals surface area (Å²) in [5.74, 6) is 1.66. The standard InChI is InChI=1S/C12H22/c1-9(2)10(3)11(4)12-7-5-6-8-12/h9,12H,5-8H2,1-4H3/b11-10+. The fourth-order valence-electron chi connectivity index (χ4n) is 2.14. The smallest absolute Gasteiger partial charge is 0.0203 e. The van der Waals surface area contributed by atoms with Crippen LogP contribution in [0.1, 0.15) is 53.4 Å². The molecule has 0 bridgehead atoms. The SMILES string of the molecule is C/C(=C(/C)C1CCCC1)C(C)C. The average Bonchev–Trinajstić information content (AvgIpc) is 2.53. The van der Waals surface area contributed by atoms with Crippen molar-refractivity contribution in [1.82, 2.24) is 0 Å². The van der Waals surface area contributed by atoms with Crippen molar-refractivity contribution < 1.29 is 0 Å². The Labute approximate surface area is 77.1 Å². The van der Waals surface area contributed by atoms with E-state index in [2.05, 4.69) is 27.7 Å². The maximum atomic E-state index is 2.34. The highest BCUT2D eigenvalue weighted by Crippen LogP contribution is 2.33. The molecule has 0 heterocycles. The Balaban J connectivity index is 2.65. The lowest BCUT2D eigenvalue weighted by Crippen LogP contribution is -2.01. The minimum atomic E-state index is 0.741. The summed E-state index contributed by atoms with van der Waals surface area (Å²) < 4.78 is 0. The highest BCUT2D eigenvalue weighted by molar-refractivity contribution is 5.15. The fraction of sp³-hybridized carbons (Fsp3) is 0.833. The third-order valence-corrected chi connectivity index (χ3v) is 3.46. The van der Waals surface area contributed by atoms with E-state index in [1.165, 1.54) is 25.7 Å². The van der Waals surface area contributed by atoms with Crippen LogP contribution >= 0.6 is 0 Å². The van der Waals surface area contributed by atoms with Gasteiger partial charge in [-0.3, -0.25) is 0 Å². The Morgan fingerprint density at radius 1 is 1.08 bits per heavy atom. The van der Waals surface area contributed by atoms with Gasteiger partial charge in [0.2, 0.25) is 0 Å². The summed E-state index contributed by atoms with van der Waals surface area (Å²) in [6.45, 7) is 9.24. The third kappa shape index (κ3) is 2.12. The molecule has 0 atom stereocenters. The second kappa shape index (κ2) is 4.11. The maximum Gasteiger partial charge on any atom is -0.0203 e. The molecule has 0 aromatic carbocycles. The van der Waals surface area contributed by atoms with Crippen LogP contribution in [0.3, 0.4) is 0 Å². The molecule has 0 radical (unpaired) electrons. The largest absolute Gasteiger partial charge is 0.0716 e. The zero-order chi connectivity index (χ0) is 9.14. The monoisotopic (exact) mass is 166 g/mol. The molecule has 0 aliphatic heterocycles. The Morgan fingerprint density at radius 2 is 1.58 bits per heavy atom. The summed E-state index contributed by atoms with van der Waals surface area (Å²) in [5, 5.41) is 0. The van der Waals surface area contributed by atoms with Gasteiger partial charge in [0.15, 0.2) is 0 Å². The van der Waals surface area contributed by atoms with Crippen molar-refractivity contribution in [3.8, 4) is 0 Å². The molecule has 0 spiro atoms. The van der Waals surface area contributed by atoms with Crippen molar-refractivity contribution in [2.45, 2.75) is 53.4 Å². The van der Waals surface area contributed by atoms with E-state index in [0.717, 1.165) is 11.8 Å². The molecule has 1 fully saturated rings. The van der Waals surface area contributed by atoms with Gasteiger partial charge < -0.3 is 0 Å². The Morgan fingerprint density at radius 3 is 2.00 bits per heavy atom. The maximum absolute atomic E-state index is 2.34. The van der Waals surface area contributed by atoms with Crippen molar-refractivity contribution >= 4 is 0 Å². The summed E-state index contributed by atoms with van der Waals surface area (Å²) in [6.07, 6.45) is 5.78. The summed E-state index contributed by atoms with van der Waals surface area (Å²) in [4.78, 5) is 0. The quantitative estimate of drug-likeness (QED) is 0.540. The second-order valence-electron chi connectivity index (χ2n) is 4.50. The zero-order valence-corrected chi connectivity index (χ0v) is 8.98. The lowest BCUT2D eigenvalue weighted by Gasteiger charge is -2.16. The zero-order valence-electron chi connectivity index (χ0n) is 8.98. The predicted octanol–water partition coefficient (Wildman–Crippen LogP) is 4.17. The second-order valence-corrected chi connectivity index (χ2v) is 4.50. The van der Waals surface area contributed by atoms with Crippen LogP contribution in [-0.4, -0.2) is 0 Å². The molecule has 0 heteroatoms. The molecule has 0 N–H and O–H groups in total. The van der Waals surface area contributed by atoms with Crippen molar-refractivity contribution in [2.24, 2.45) is 11.8 Å². The van der Waals surface area contributed by atoms with Crippen LogP contribution in [-0.2, 0) is 0 Å². The minimum Gasteiger partial charge on any atom is -0.0716 e. The van der Waals surface area contributed by atoms with Crippen molar-refractivity contribution in [2.75, 3.05) is 0 Å². The van der Waals surface area contributed by atoms with Crippen LogP contribution in [0.5, 0.6) is 0 Å². The Kier molecular flexibility index (Phi) is 3.37. The van der Waals surface area contributed by atoms with Crippen molar-refractivity contribution in [3.05, 3.63) is 11.1 Å². The molecule has 0 aromatic rings. The van der Waals surface area contributed by atoms with E-state index in [0.29, 0.717) is 0 Å². The van der Waals surface area contributed by atoms with Crippen LogP contribution in [0, 0.1) is 11.8 Å². The van der Waals surface area contributed by atoms with E-state index >= 15 is 0 Å². The number of allylic oxidation sites excluding steroid dienone is 2. The van der Waals surface area contributed by atoms with Gasteiger partial charge >= 0.3 is 0 Å². The molecule has 0 nitrogen and oxygen atoms in total. The van der Waals surface area contributed by atoms with Crippen LogP contribution < -0.4 is 0 Å². The summed E-state index contributed by atoms with van der Waals surface area (Å²) in [5.41, 5.74) is 3.31. The van der Waals surface area contributed by atoms with Gasteiger partial charge in [0, 0.05) is 0 Å². The Bertz CT molecular complexity index is 168. The molecular formula is C12H22. The first kappa shape index (κ1) is 9.83. The summed E-state index contributed by atoms with van der Waals surface area (Å²) >= 11 is 0. The molecule has 1 aliphatic carbocycles. The molecule has 1 aliphatic rings. The van der Waals surface area contributed by atoms with Gasteiger partial charge in [-0.15, -0.1) is 0 Å². The lowest BCUT2D eigenvalue weighted by atomic mass is 9.90. The van der Waals surface area contributed by atoms with Gasteiger partial charge in [-0.1, -0.05) is 37.8 Å². The van der Waals surface area contributed by atoms with Crippen LogP contribution in [0.25, 0.3) is 0 Å². The molecule has 0 unspecified atom stereocenters. The normalized spacial score (nSPS) is 21.8. The number of hydrogen-bond donors (Lipinski definition) is 0. The van der Waals surface area contributed by atoms with Crippen LogP contribution in [0.2, 0.25) is 0 Å². The van der Waals surface area contributed by atoms with E-state index in [4.69, 9.17) is 0 Å². The molecule has 0 saturated heterocycles. The topological polar surface area (TPSA) is 0 Å². The average molecular weight is 166 g/mol. The molecule has 12 heavy (non-hydrogen) atoms. The van der Waals surface area contributed by atoms with Gasteiger partial charge in [-0.25, -0.2) is 0 Å². The highest BCUT2D eigenvalue weighted by atomic mass is 14.2. The van der Waals surface area contributed by atoms with E-state index in [1.807, 2.05) is 0 Å². The third-order valence-electron chi connectivity index (χ3n) is 3.46. The lowest BCUT2D eigenvalue weighted by molar-refractivity contribution is 0.613. The molecule has 1 saturated carbocycles. The van der Waals surface area contributed by atoms with Crippen LogP contribution in [0.4, 0.5) is 0 Å². The first-order chi connectivity index (χ1) is 5.63. The van der Waals surface area contributed by atoms with Crippen LogP contribution in [0.15, 0.2) is 11.1 Å².